The average Bonchev–Trinajstić information content (AvgIpc) is 3.53. The van der Waals surface area contributed by atoms with Gasteiger partial charge in [0.1, 0.15) is 11.8 Å². The number of pyridine rings is 1. The highest BCUT2D eigenvalue weighted by Gasteiger charge is 2.42. The SMILES string of the molecule is CCC(=O)Nc1ccc(N2C(=S)NC(c3ccccn3)C2c2cccn2-c2cccc(Br)c2)cc1OC. The summed E-state index contributed by atoms with van der Waals surface area (Å²) in [5, 5.41) is 6.98. The number of aromatic nitrogens is 2. The molecule has 0 spiro atoms. The molecule has 2 aromatic heterocycles. The van der Waals surface area contributed by atoms with Crippen LogP contribution in [0.1, 0.15) is 36.8 Å². The van der Waals surface area contributed by atoms with Crippen molar-refractivity contribution in [1.29, 1.82) is 0 Å². The highest BCUT2D eigenvalue weighted by Crippen LogP contribution is 2.44. The second-order valence-corrected chi connectivity index (χ2v) is 9.87. The molecule has 188 valence electrons. The van der Waals surface area contributed by atoms with Gasteiger partial charge in [-0.15, -0.1) is 0 Å². The molecule has 3 heterocycles. The molecule has 0 bridgehead atoms. The molecule has 2 aromatic carbocycles. The number of carbonyl (C=O) groups is 1. The molecule has 1 saturated heterocycles. The molecule has 9 heteroatoms. The molecular formula is C28H26BrN5O2S. The predicted molar refractivity (Wildman–Crippen MR) is 153 cm³/mol. The maximum absolute atomic E-state index is 12.0. The summed E-state index contributed by atoms with van der Waals surface area (Å²) in [6.07, 6.45) is 4.23. The van der Waals surface area contributed by atoms with E-state index in [9.17, 15) is 4.79 Å². The summed E-state index contributed by atoms with van der Waals surface area (Å²) in [6.45, 7) is 1.81. The average molecular weight is 577 g/mol. The fourth-order valence-electron chi connectivity index (χ4n) is 4.60. The van der Waals surface area contributed by atoms with Gasteiger partial charge in [0.05, 0.1) is 24.5 Å². The summed E-state index contributed by atoms with van der Waals surface area (Å²) in [4.78, 5) is 18.8. The number of benzene rings is 2. The van der Waals surface area contributed by atoms with Gasteiger partial charge in [-0.1, -0.05) is 35.0 Å². The lowest BCUT2D eigenvalue weighted by Crippen LogP contribution is -2.30. The normalized spacial score (nSPS) is 16.9. The van der Waals surface area contributed by atoms with Crippen LogP contribution in [-0.4, -0.2) is 27.7 Å². The number of ether oxygens (including phenoxy) is 1. The summed E-state index contributed by atoms with van der Waals surface area (Å²) < 4.78 is 8.81. The Morgan fingerprint density at radius 2 is 1.97 bits per heavy atom. The van der Waals surface area contributed by atoms with Crippen molar-refractivity contribution < 1.29 is 9.53 Å². The minimum atomic E-state index is -0.211. The van der Waals surface area contributed by atoms with E-state index < -0.39 is 0 Å². The largest absolute Gasteiger partial charge is 0.494 e. The van der Waals surface area contributed by atoms with E-state index in [1.54, 1.807) is 13.3 Å². The first-order valence-corrected chi connectivity index (χ1v) is 13.1. The van der Waals surface area contributed by atoms with Gasteiger partial charge in [0.15, 0.2) is 5.11 Å². The molecule has 7 nitrogen and oxygen atoms in total. The minimum absolute atomic E-state index is 0.0793. The number of rotatable bonds is 7. The number of nitrogens with zero attached hydrogens (tertiary/aromatic N) is 3. The molecule has 37 heavy (non-hydrogen) atoms. The van der Waals surface area contributed by atoms with E-state index in [-0.39, 0.29) is 18.0 Å². The van der Waals surface area contributed by atoms with E-state index in [1.807, 2.05) is 61.5 Å². The van der Waals surface area contributed by atoms with Crippen LogP contribution in [0, 0.1) is 0 Å². The Balaban J connectivity index is 1.63. The summed E-state index contributed by atoms with van der Waals surface area (Å²) in [7, 11) is 1.59. The molecule has 5 rings (SSSR count). The van der Waals surface area contributed by atoms with Crippen molar-refractivity contribution in [1.82, 2.24) is 14.9 Å². The third-order valence-electron chi connectivity index (χ3n) is 6.33. The Kier molecular flexibility index (Phi) is 7.25. The zero-order valence-corrected chi connectivity index (χ0v) is 22.8. The molecule has 2 N–H and O–H groups in total. The predicted octanol–water partition coefficient (Wildman–Crippen LogP) is 6.17. The second-order valence-electron chi connectivity index (χ2n) is 8.57. The van der Waals surface area contributed by atoms with Gasteiger partial charge in [-0.05, 0) is 66.8 Å². The lowest BCUT2D eigenvalue weighted by Gasteiger charge is -2.29. The summed E-state index contributed by atoms with van der Waals surface area (Å²) >= 11 is 9.49. The third kappa shape index (κ3) is 4.97. The van der Waals surface area contributed by atoms with E-state index in [0.29, 0.717) is 23.0 Å². The Morgan fingerprint density at radius 3 is 2.70 bits per heavy atom. The van der Waals surface area contributed by atoms with Crippen molar-refractivity contribution in [3.8, 4) is 11.4 Å². The van der Waals surface area contributed by atoms with Crippen molar-refractivity contribution in [3.63, 3.8) is 0 Å². The standard InChI is InChI=1S/C28H26BrN5O2S/c1-3-25(35)31-21-13-12-20(17-24(21)36-2)34-27(26(32-28(34)37)22-10-4-5-14-30-22)23-11-7-15-33(23)19-9-6-8-18(29)16-19/h4-17,26-27H,3H2,1-2H3,(H,31,35)(H,32,37). The maximum Gasteiger partial charge on any atom is 0.224 e. The van der Waals surface area contributed by atoms with Crippen LogP contribution in [0.2, 0.25) is 0 Å². The smallest absolute Gasteiger partial charge is 0.224 e. The van der Waals surface area contributed by atoms with E-state index in [4.69, 9.17) is 17.0 Å². The number of halogens is 1. The third-order valence-corrected chi connectivity index (χ3v) is 7.13. The van der Waals surface area contributed by atoms with Crippen molar-refractivity contribution in [2.75, 3.05) is 17.3 Å². The molecule has 0 aliphatic carbocycles. The number of anilines is 2. The molecule has 1 amide bonds. The Labute approximate surface area is 229 Å². The molecule has 1 fully saturated rings. The van der Waals surface area contributed by atoms with Gasteiger partial charge in [-0.25, -0.2) is 0 Å². The number of hydrogen-bond acceptors (Lipinski definition) is 4. The number of hydrogen-bond donors (Lipinski definition) is 2. The summed E-state index contributed by atoms with van der Waals surface area (Å²) in [5.74, 6) is 0.480. The van der Waals surface area contributed by atoms with E-state index >= 15 is 0 Å². The number of thiocarbonyl (C=S) groups is 1. The zero-order valence-electron chi connectivity index (χ0n) is 20.4. The lowest BCUT2D eigenvalue weighted by atomic mass is 10.0. The lowest BCUT2D eigenvalue weighted by molar-refractivity contribution is -0.115. The number of amides is 1. The van der Waals surface area contributed by atoms with Crippen LogP contribution in [0.4, 0.5) is 11.4 Å². The van der Waals surface area contributed by atoms with Gasteiger partial charge in [0, 0.05) is 46.4 Å². The van der Waals surface area contributed by atoms with E-state index in [1.165, 1.54) is 0 Å². The van der Waals surface area contributed by atoms with Gasteiger partial charge < -0.3 is 24.8 Å². The van der Waals surface area contributed by atoms with Crippen LogP contribution in [0.15, 0.2) is 89.7 Å². The highest BCUT2D eigenvalue weighted by atomic mass is 79.9. The molecule has 0 radical (unpaired) electrons. The fraction of sp³-hybridized carbons (Fsp3) is 0.179. The van der Waals surface area contributed by atoms with Crippen LogP contribution in [0.5, 0.6) is 5.75 Å². The summed E-state index contributed by atoms with van der Waals surface area (Å²) in [5.41, 5.74) is 4.42. The monoisotopic (exact) mass is 575 g/mol. The fourth-order valence-corrected chi connectivity index (χ4v) is 5.33. The maximum atomic E-state index is 12.0. The van der Waals surface area contributed by atoms with Gasteiger partial charge in [-0.3, -0.25) is 9.78 Å². The van der Waals surface area contributed by atoms with Crippen LogP contribution in [0.25, 0.3) is 5.69 Å². The Morgan fingerprint density at radius 1 is 1.11 bits per heavy atom. The second kappa shape index (κ2) is 10.7. The highest BCUT2D eigenvalue weighted by molar-refractivity contribution is 9.10. The van der Waals surface area contributed by atoms with Crippen LogP contribution in [0.3, 0.4) is 0 Å². The van der Waals surface area contributed by atoms with Gasteiger partial charge in [0.2, 0.25) is 5.91 Å². The van der Waals surface area contributed by atoms with Crippen LogP contribution in [-0.2, 0) is 4.79 Å². The molecular weight excluding hydrogens is 550 g/mol. The van der Waals surface area contributed by atoms with Crippen LogP contribution < -0.4 is 20.3 Å². The van der Waals surface area contributed by atoms with E-state index in [0.717, 1.165) is 27.2 Å². The first-order valence-electron chi connectivity index (χ1n) is 11.9. The first-order chi connectivity index (χ1) is 18.0. The van der Waals surface area contributed by atoms with Gasteiger partial charge >= 0.3 is 0 Å². The zero-order chi connectivity index (χ0) is 25.9. The molecule has 4 aromatic rings. The number of methoxy groups -OCH3 is 1. The number of nitrogens with one attached hydrogen (secondary N) is 2. The molecule has 0 saturated carbocycles. The number of carbonyl (C=O) groups excluding carboxylic acids is 1. The Hall–Kier alpha value is -3.69. The minimum Gasteiger partial charge on any atom is -0.494 e. The molecule has 2 unspecified atom stereocenters. The van der Waals surface area contributed by atoms with Crippen molar-refractivity contribution in [3.05, 3.63) is 101 Å². The summed E-state index contributed by atoms with van der Waals surface area (Å²) in [6, 6.07) is 23.5. The van der Waals surface area contributed by atoms with E-state index in [2.05, 4.69) is 65.4 Å². The molecule has 1 aliphatic heterocycles. The molecule has 1 aliphatic rings. The Bertz CT molecular complexity index is 1440. The first kappa shape index (κ1) is 25.0. The van der Waals surface area contributed by atoms with Gasteiger partial charge in [0.25, 0.3) is 0 Å². The van der Waals surface area contributed by atoms with Crippen LogP contribution >= 0.6 is 28.1 Å². The molecule has 2 atom stereocenters. The van der Waals surface area contributed by atoms with Crippen molar-refractivity contribution in [2.24, 2.45) is 0 Å². The quantitative estimate of drug-likeness (QED) is 0.257. The van der Waals surface area contributed by atoms with Crippen molar-refractivity contribution in [2.45, 2.75) is 25.4 Å². The van der Waals surface area contributed by atoms with Crippen molar-refractivity contribution >= 4 is 50.5 Å². The van der Waals surface area contributed by atoms with Gasteiger partial charge in [-0.2, -0.15) is 0 Å². The topological polar surface area (TPSA) is 71.4 Å².